The molecular weight excluding hydrogens is 458 g/mol. The molecule has 0 spiro atoms. The fourth-order valence-corrected chi connectivity index (χ4v) is 3.92. The van der Waals surface area contributed by atoms with Gasteiger partial charge in [-0.25, -0.2) is 4.79 Å². The molecule has 0 saturated carbocycles. The Morgan fingerprint density at radius 2 is 1.85 bits per heavy atom. The Labute approximate surface area is 202 Å². The summed E-state index contributed by atoms with van der Waals surface area (Å²) in [4.78, 5) is 24.3. The Bertz CT molecular complexity index is 1200. The average Bonchev–Trinajstić information content (AvgIpc) is 3.31. The minimum atomic E-state index is -0.672. The van der Waals surface area contributed by atoms with Gasteiger partial charge in [-0.15, -0.1) is 0 Å². The number of phenols is 1. The second-order valence-electron chi connectivity index (χ2n) is 7.88. The molecule has 9 heteroatoms. The van der Waals surface area contributed by atoms with E-state index in [9.17, 15) is 14.7 Å². The van der Waals surface area contributed by atoms with E-state index in [1.165, 1.54) is 0 Å². The van der Waals surface area contributed by atoms with Crippen molar-refractivity contribution in [1.82, 2.24) is 0 Å². The Balaban J connectivity index is 1.57. The van der Waals surface area contributed by atoms with Gasteiger partial charge in [-0.1, -0.05) is 37.3 Å². The summed E-state index contributed by atoms with van der Waals surface area (Å²) in [5.41, 5.74) is 1.24. The molecule has 8 nitrogen and oxygen atoms in total. The Hall–Kier alpha value is -3.59. The van der Waals surface area contributed by atoms with Gasteiger partial charge in [0.15, 0.2) is 11.5 Å². The van der Waals surface area contributed by atoms with Gasteiger partial charge in [0.25, 0.3) is 0 Å². The summed E-state index contributed by atoms with van der Waals surface area (Å²) in [6, 6.07) is 15.7. The number of rotatable bonds is 8. The van der Waals surface area contributed by atoms with Crippen LogP contribution in [0.4, 0.5) is 10.5 Å². The van der Waals surface area contributed by atoms with Crippen LogP contribution in [0, 0.1) is 5.92 Å². The minimum absolute atomic E-state index is 0.00511. The van der Waals surface area contributed by atoms with Gasteiger partial charge in [0.2, 0.25) is 6.79 Å². The number of phenolic OH excluding ortho intramolecular Hbond substituents is 1. The quantitative estimate of drug-likeness (QED) is 0.304. The number of fused-ring (bicyclic) bond motifs is 2. The molecule has 1 heterocycles. The zero-order valence-electron chi connectivity index (χ0n) is 18.5. The number of anilines is 1. The van der Waals surface area contributed by atoms with E-state index in [2.05, 4.69) is 17.9 Å². The lowest BCUT2D eigenvalue weighted by Gasteiger charge is -2.26. The Morgan fingerprint density at radius 3 is 2.65 bits per heavy atom. The van der Waals surface area contributed by atoms with Crippen LogP contribution in [-0.4, -0.2) is 36.3 Å². The maximum absolute atomic E-state index is 12.9. The number of ether oxygens (including phenoxy) is 4. The summed E-state index contributed by atoms with van der Waals surface area (Å²) < 4.78 is 21.7. The van der Waals surface area contributed by atoms with E-state index < -0.39 is 18.2 Å². The number of amides is 1. The molecule has 3 aromatic carbocycles. The Morgan fingerprint density at radius 1 is 1.09 bits per heavy atom. The summed E-state index contributed by atoms with van der Waals surface area (Å²) in [5.74, 6) is 0.662. The molecule has 2 atom stereocenters. The second kappa shape index (κ2) is 10.6. The molecule has 0 aliphatic carbocycles. The fourth-order valence-electron chi connectivity index (χ4n) is 3.83. The lowest BCUT2D eigenvalue weighted by molar-refractivity contribution is -0.141. The summed E-state index contributed by atoms with van der Waals surface area (Å²) in [5, 5.41) is 14.4. The second-order valence-corrected chi connectivity index (χ2v) is 8.20. The van der Waals surface area contributed by atoms with Crippen LogP contribution in [0.5, 0.6) is 17.2 Å². The van der Waals surface area contributed by atoms with Gasteiger partial charge < -0.3 is 24.1 Å². The number of hydrogen-bond donors (Lipinski definition) is 3. The minimum Gasteiger partial charge on any atom is -0.507 e. The SMILES string of the molecule is C[C@@H](CCOC(=O)CS)[C@@H](OC(=O)Nc1ccc2c(c1)OCO2)c1ccc(O)c2ccccc12. The van der Waals surface area contributed by atoms with Crippen LogP contribution in [0.3, 0.4) is 0 Å². The molecular formula is C25H25NO7S. The van der Waals surface area contributed by atoms with Crippen molar-refractivity contribution in [2.45, 2.75) is 19.4 Å². The summed E-state index contributed by atoms with van der Waals surface area (Å²) in [6.07, 6.45) is -0.870. The van der Waals surface area contributed by atoms with Crippen LogP contribution < -0.4 is 14.8 Å². The molecule has 0 radical (unpaired) electrons. The van der Waals surface area contributed by atoms with Crippen molar-refractivity contribution in [2.24, 2.45) is 5.92 Å². The topological polar surface area (TPSA) is 103 Å². The first-order valence-electron chi connectivity index (χ1n) is 10.8. The van der Waals surface area contributed by atoms with E-state index in [4.69, 9.17) is 18.9 Å². The first-order chi connectivity index (χ1) is 16.5. The number of esters is 1. The van der Waals surface area contributed by atoms with Crippen molar-refractivity contribution in [3.63, 3.8) is 0 Å². The van der Waals surface area contributed by atoms with Gasteiger partial charge in [-0.05, 0) is 30.0 Å². The summed E-state index contributed by atoms with van der Waals surface area (Å²) in [6.45, 7) is 2.21. The van der Waals surface area contributed by atoms with Crippen molar-refractivity contribution in [2.75, 3.05) is 24.5 Å². The highest BCUT2D eigenvalue weighted by molar-refractivity contribution is 7.81. The monoisotopic (exact) mass is 483 g/mol. The van der Waals surface area contributed by atoms with E-state index >= 15 is 0 Å². The number of thiol groups is 1. The largest absolute Gasteiger partial charge is 0.507 e. The maximum Gasteiger partial charge on any atom is 0.412 e. The van der Waals surface area contributed by atoms with Gasteiger partial charge in [0, 0.05) is 28.6 Å². The average molecular weight is 484 g/mol. The lowest BCUT2D eigenvalue weighted by atomic mass is 9.90. The molecule has 178 valence electrons. The summed E-state index contributed by atoms with van der Waals surface area (Å²) in [7, 11) is 0. The number of aromatic hydroxyl groups is 1. The predicted molar refractivity (Wildman–Crippen MR) is 130 cm³/mol. The smallest absolute Gasteiger partial charge is 0.412 e. The first kappa shape index (κ1) is 23.6. The molecule has 0 unspecified atom stereocenters. The van der Waals surface area contributed by atoms with Crippen molar-refractivity contribution >= 4 is 41.2 Å². The third-order valence-electron chi connectivity index (χ3n) is 5.58. The highest BCUT2D eigenvalue weighted by Crippen LogP contribution is 2.38. The number of carbonyl (C=O) groups is 2. The molecule has 1 amide bonds. The highest BCUT2D eigenvalue weighted by Gasteiger charge is 2.27. The standard InChI is InChI=1S/C25H25NO7S/c1-15(10-11-30-23(28)13-34)24(19-7-8-20(27)18-5-3-2-4-17(18)19)33-25(29)26-16-6-9-21-22(12-16)32-14-31-21/h2-9,12,15,24,27,34H,10-11,13-14H2,1H3,(H,26,29)/t15-,24+/m0/s1. The molecule has 2 N–H and O–H groups in total. The molecule has 1 aliphatic rings. The number of nitrogens with one attached hydrogen (secondary N) is 1. The Kier molecular flexibility index (Phi) is 7.32. The normalized spacial score (nSPS) is 13.8. The third kappa shape index (κ3) is 5.31. The van der Waals surface area contributed by atoms with Gasteiger partial charge in [-0.3, -0.25) is 10.1 Å². The van der Waals surface area contributed by atoms with Crippen molar-refractivity contribution in [3.8, 4) is 17.2 Å². The van der Waals surface area contributed by atoms with E-state index in [1.54, 1.807) is 36.4 Å². The van der Waals surface area contributed by atoms with Gasteiger partial charge in [0.05, 0.1) is 12.4 Å². The maximum atomic E-state index is 12.9. The van der Waals surface area contributed by atoms with Gasteiger partial charge >= 0.3 is 12.1 Å². The summed E-state index contributed by atoms with van der Waals surface area (Å²) >= 11 is 3.91. The van der Waals surface area contributed by atoms with Crippen LogP contribution in [-0.2, 0) is 14.3 Å². The lowest BCUT2D eigenvalue weighted by Crippen LogP contribution is -2.23. The molecule has 1 aliphatic heterocycles. The van der Waals surface area contributed by atoms with E-state index in [-0.39, 0.29) is 30.8 Å². The van der Waals surface area contributed by atoms with Crippen LogP contribution in [0.1, 0.15) is 25.0 Å². The zero-order chi connectivity index (χ0) is 24.1. The van der Waals surface area contributed by atoms with Crippen LogP contribution in [0.15, 0.2) is 54.6 Å². The first-order valence-corrected chi connectivity index (χ1v) is 11.4. The third-order valence-corrected chi connectivity index (χ3v) is 5.83. The van der Waals surface area contributed by atoms with Crippen LogP contribution in [0.2, 0.25) is 0 Å². The van der Waals surface area contributed by atoms with Crippen molar-refractivity contribution in [3.05, 3.63) is 60.2 Å². The predicted octanol–water partition coefficient (Wildman–Crippen LogP) is 5.06. The molecule has 0 aromatic heterocycles. The van der Waals surface area contributed by atoms with E-state index in [1.807, 2.05) is 25.1 Å². The van der Waals surface area contributed by atoms with Crippen LogP contribution >= 0.6 is 12.6 Å². The number of benzene rings is 3. The van der Waals surface area contributed by atoms with Gasteiger partial charge in [0.1, 0.15) is 11.9 Å². The van der Waals surface area contributed by atoms with Gasteiger partial charge in [-0.2, -0.15) is 12.6 Å². The van der Waals surface area contributed by atoms with E-state index in [0.717, 1.165) is 10.9 Å². The van der Waals surface area contributed by atoms with E-state index in [0.29, 0.717) is 29.0 Å². The molecule has 3 aromatic rings. The highest BCUT2D eigenvalue weighted by atomic mass is 32.1. The molecule has 4 rings (SSSR count). The molecule has 0 bridgehead atoms. The van der Waals surface area contributed by atoms with Crippen LogP contribution in [0.25, 0.3) is 10.8 Å². The molecule has 0 fully saturated rings. The molecule has 34 heavy (non-hydrogen) atoms. The zero-order valence-corrected chi connectivity index (χ0v) is 19.4. The molecule has 0 saturated heterocycles. The van der Waals surface area contributed by atoms with Crippen molar-refractivity contribution < 1.29 is 33.6 Å². The number of hydrogen-bond acceptors (Lipinski definition) is 8. The van der Waals surface area contributed by atoms with Crippen molar-refractivity contribution in [1.29, 1.82) is 0 Å². The number of carbonyl (C=O) groups excluding carboxylic acids is 2. The fraction of sp³-hybridized carbons (Fsp3) is 0.280.